The van der Waals surface area contributed by atoms with Gasteiger partial charge in [-0.3, -0.25) is 0 Å². The third-order valence-corrected chi connectivity index (χ3v) is 3.95. The molecular weight excluding hydrogens is 306 g/mol. The molecule has 3 rings (SSSR count). The molecule has 23 heavy (non-hydrogen) atoms. The number of nitrogens with zero attached hydrogens (tertiary/aromatic N) is 2. The van der Waals surface area contributed by atoms with E-state index in [1.54, 1.807) is 18.9 Å². The van der Waals surface area contributed by atoms with Crippen LogP contribution < -0.4 is 10.1 Å². The van der Waals surface area contributed by atoms with Crippen molar-refractivity contribution in [2.45, 2.75) is 5.03 Å². The Kier molecular flexibility index (Phi) is 4.78. The Morgan fingerprint density at radius 3 is 2.35 bits per heavy atom. The van der Waals surface area contributed by atoms with Crippen LogP contribution in [0.4, 0.5) is 11.6 Å². The third kappa shape index (κ3) is 3.81. The summed E-state index contributed by atoms with van der Waals surface area (Å²) in [5, 5.41) is 4.17. The van der Waals surface area contributed by atoms with Gasteiger partial charge in [0.25, 0.3) is 0 Å². The first-order chi connectivity index (χ1) is 11.3. The summed E-state index contributed by atoms with van der Waals surface area (Å²) in [6.07, 6.45) is 2.01. The highest BCUT2D eigenvalue weighted by Gasteiger charge is 2.07. The van der Waals surface area contributed by atoms with Gasteiger partial charge in [-0.1, -0.05) is 18.2 Å². The van der Waals surface area contributed by atoms with E-state index in [4.69, 9.17) is 4.74 Å². The summed E-state index contributed by atoms with van der Waals surface area (Å²) in [5.74, 6) is 1.42. The minimum absolute atomic E-state index is 0.592. The molecule has 0 aliphatic heterocycles. The molecule has 1 aromatic heterocycles. The van der Waals surface area contributed by atoms with Crippen LogP contribution in [0.2, 0.25) is 0 Å². The number of para-hydroxylation sites is 1. The Bertz CT molecular complexity index is 776. The summed E-state index contributed by atoms with van der Waals surface area (Å²) in [7, 11) is 1.66. The molecule has 0 saturated heterocycles. The lowest BCUT2D eigenvalue weighted by Crippen LogP contribution is -1.99. The summed E-state index contributed by atoms with van der Waals surface area (Å²) in [6, 6.07) is 19.8. The lowest BCUT2D eigenvalue weighted by atomic mass is 10.1. The van der Waals surface area contributed by atoms with Crippen LogP contribution in [0.3, 0.4) is 0 Å². The predicted octanol–water partition coefficient (Wildman–Crippen LogP) is 4.62. The van der Waals surface area contributed by atoms with Gasteiger partial charge in [0.1, 0.15) is 10.8 Å². The van der Waals surface area contributed by atoms with Crippen molar-refractivity contribution in [2.24, 2.45) is 0 Å². The lowest BCUT2D eigenvalue weighted by molar-refractivity contribution is 0.415. The van der Waals surface area contributed by atoms with Crippen molar-refractivity contribution in [2.75, 3.05) is 18.7 Å². The summed E-state index contributed by atoms with van der Waals surface area (Å²) < 4.78 is 5.20. The number of hydrogen-bond donors (Lipinski definition) is 1. The number of methoxy groups -OCH3 is 1. The maximum atomic E-state index is 5.20. The highest BCUT2D eigenvalue weighted by atomic mass is 32.2. The van der Waals surface area contributed by atoms with Crippen molar-refractivity contribution in [3.8, 4) is 17.0 Å². The topological polar surface area (TPSA) is 47.0 Å². The molecule has 0 bridgehead atoms. The molecular formula is C18H17N3OS. The second-order valence-electron chi connectivity index (χ2n) is 4.84. The van der Waals surface area contributed by atoms with E-state index in [9.17, 15) is 0 Å². The Hall–Kier alpha value is -2.53. The number of benzene rings is 2. The Morgan fingerprint density at radius 1 is 0.957 bits per heavy atom. The fraction of sp³-hybridized carbons (Fsp3) is 0.111. The molecule has 0 amide bonds. The third-order valence-electron chi connectivity index (χ3n) is 3.33. The van der Waals surface area contributed by atoms with Crippen molar-refractivity contribution in [1.82, 2.24) is 9.97 Å². The van der Waals surface area contributed by atoms with Gasteiger partial charge in [-0.2, -0.15) is 0 Å². The molecule has 0 spiro atoms. The van der Waals surface area contributed by atoms with Gasteiger partial charge in [-0.15, -0.1) is 11.8 Å². The molecule has 0 aliphatic carbocycles. The van der Waals surface area contributed by atoms with E-state index in [1.165, 1.54) is 0 Å². The molecule has 1 heterocycles. The van der Waals surface area contributed by atoms with Crippen molar-refractivity contribution < 1.29 is 4.74 Å². The maximum Gasteiger partial charge on any atom is 0.228 e. The monoisotopic (exact) mass is 323 g/mol. The smallest absolute Gasteiger partial charge is 0.228 e. The molecule has 1 N–H and O–H groups in total. The first-order valence-electron chi connectivity index (χ1n) is 7.18. The molecule has 0 saturated carbocycles. The molecule has 2 aromatic carbocycles. The van der Waals surface area contributed by atoms with Gasteiger partial charge in [-0.05, 0) is 48.7 Å². The number of rotatable bonds is 5. The molecule has 0 aliphatic rings. The average molecular weight is 323 g/mol. The molecule has 0 radical (unpaired) electrons. The normalized spacial score (nSPS) is 10.3. The zero-order valence-corrected chi connectivity index (χ0v) is 13.8. The van der Waals surface area contributed by atoms with Crippen LogP contribution in [0.15, 0.2) is 65.7 Å². The van der Waals surface area contributed by atoms with E-state index in [1.807, 2.05) is 66.9 Å². The van der Waals surface area contributed by atoms with Gasteiger partial charge >= 0.3 is 0 Å². The van der Waals surface area contributed by atoms with E-state index in [0.29, 0.717) is 5.95 Å². The highest BCUT2D eigenvalue weighted by Crippen LogP contribution is 2.26. The number of nitrogens with one attached hydrogen (secondary N) is 1. The van der Waals surface area contributed by atoms with E-state index < -0.39 is 0 Å². The average Bonchev–Trinajstić information content (AvgIpc) is 2.62. The number of hydrogen-bond acceptors (Lipinski definition) is 5. The first kappa shape index (κ1) is 15.4. The van der Waals surface area contributed by atoms with Crippen LogP contribution in [0.1, 0.15) is 0 Å². The quantitative estimate of drug-likeness (QED) is 0.548. The molecule has 0 unspecified atom stereocenters. The summed E-state index contributed by atoms with van der Waals surface area (Å²) in [5.41, 5.74) is 2.87. The van der Waals surface area contributed by atoms with E-state index in [-0.39, 0.29) is 0 Å². The molecule has 116 valence electrons. The Balaban J connectivity index is 1.95. The Labute approximate surface area is 140 Å². The molecule has 4 nitrogen and oxygen atoms in total. The molecule has 3 aromatic rings. The second-order valence-corrected chi connectivity index (χ2v) is 5.67. The van der Waals surface area contributed by atoms with Crippen molar-refractivity contribution >= 4 is 23.4 Å². The minimum Gasteiger partial charge on any atom is -0.497 e. The summed E-state index contributed by atoms with van der Waals surface area (Å²) in [4.78, 5) is 9.15. The van der Waals surface area contributed by atoms with Gasteiger partial charge in [0.2, 0.25) is 5.95 Å². The Morgan fingerprint density at radius 2 is 1.70 bits per heavy atom. The summed E-state index contributed by atoms with van der Waals surface area (Å²) in [6.45, 7) is 0. The summed E-state index contributed by atoms with van der Waals surface area (Å²) >= 11 is 1.59. The zero-order valence-electron chi connectivity index (χ0n) is 13.0. The number of aromatic nitrogens is 2. The molecule has 0 atom stereocenters. The predicted molar refractivity (Wildman–Crippen MR) is 95.5 cm³/mol. The fourth-order valence-electron chi connectivity index (χ4n) is 2.15. The zero-order chi connectivity index (χ0) is 16.1. The van der Waals surface area contributed by atoms with E-state index >= 15 is 0 Å². The molecule has 0 fully saturated rings. The number of anilines is 2. The van der Waals surface area contributed by atoms with Gasteiger partial charge in [-0.25, -0.2) is 9.97 Å². The van der Waals surface area contributed by atoms with Crippen LogP contribution in [0, 0.1) is 0 Å². The van der Waals surface area contributed by atoms with Crippen molar-refractivity contribution in [3.63, 3.8) is 0 Å². The number of thioether (sulfide) groups is 1. The van der Waals surface area contributed by atoms with Gasteiger partial charge < -0.3 is 10.1 Å². The van der Waals surface area contributed by atoms with E-state index in [0.717, 1.165) is 27.7 Å². The van der Waals surface area contributed by atoms with Crippen LogP contribution >= 0.6 is 11.8 Å². The van der Waals surface area contributed by atoms with Crippen LogP contribution in [0.5, 0.6) is 5.75 Å². The largest absolute Gasteiger partial charge is 0.497 e. The first-order valence-corrected chi connectivity index (χ1v) is 8.40. The SMILES string of the molecule is COc1ccc(-c2cc(SC)nc(Nc3ccccc3)n2)cc1. The lowest BCUT2D eigenvalue weighted by Gasteiger charge is -2.09. The standard InChI is InChI=1S/C18H17N3OS/c1-22-15-10-8-13(9-11-15)16-12-17(23-2)21-18(20-16)19-14-6-4-3-5-7-14/h3-12H,1-2H3,(H,19,20,21). The van der Waals surface area contributed by atoms with Gasteiger partial charge in [0.15, 0.2) is 0 Å². The maximum absolute atomic E-state index is 5.20. The van der Waals surface area contributed by atoms with E-state index in [2.05, 4.69) is 15.3 Å². The van der Waals surface area contributed by atoms with Crippen LogP contribution in [-0.2, 0) is 0 Å². The van der Waals surface area contributed by atoms with Gasteiger partial charge in [0, 0.05) is 11.3 Å². The highest BCUT2D eigenvalue weighted by molar-refractivity contribution is 7.98. The van der Waals surface area contributed by atoms with Crippen molar-refractivity contribution in [3.05, 3.63) is 60.7 Å². The molecule has 5 heteroatoms. The fourth-order valence-corrected chi connectivity index (χ4v) is 2.55. The second kappa shape index (κ2) is 7.15. The van der Waals surface area contributed by atoms with Gasteiger partial charge in [0.05, 0.1) is 12.8 Å². The van der Waals surface area contributed by atoms with Crippen molar-refractivity contribution in [1.29, 1.82) is 0 Å². The number of ether oxygens (including phenoxy) is 1. The van der Waals surface area contributed by atoms with Crippen LogP contribution in [-0.4, -0.2) is 23.3 Å². The minimum atomic E-state index is 0.592. The van der Waals surface area contributed by atoms with Crippen LogP contribution in [0.25, 0.3) is 11.3 Å².